The number of hydrogen-bond donors (Lipinski definition) is 0. The summed E-state index contributed by atoms with van der Waals surface area (Å²) in [5.41, 5.74) is 0. The first-order valence-electron chi connectivity index (χ1n) is 3.22. The van der Waals surface area contributed by atoms with Gasteiger partial charge in [0.2, 0.25) is 0 Å². The zero-order valence-corrected chi connectivity index (χ0v) is 5.27. The van der Waals surface area contributed by atoms with Crippen molar-refractivity contribution in [3.05, 3.63) is 0 Å². The molecule has 3 heteroatoms. The quantitative estimate of drug-likeness (QED) is 0.475. The molecule has 2 rings (SSSR count). The van der Waals surface area contributed by atoms with Crippen LogP contribution in [0.25, 0.3) is 0 Å². The Kier molecular flexibility index (Phi) is 0.799. The van der Waals surface area contributed by atoms with Crippen molar-refractivity contribution >= 4 is 0 Å². The number of piperidine rings is 1. The predicted octanol–water partition coefficient (Wildman–Crippen LogP) is 0.956. The van der Waals surface area contributed by atoms with Gasteiger partial charge in [-0.15, -0.1) is 0 Å². The highest BCUT2D eigenvalue weighted by Crippen LogP contribution is 2.57. The Morgan fingerprint density at radius 2 is 2.22 bits per heavy atom. The molecule has 2 unspecified atom stereocenters. The number of hydrogen-bond acceptors (Lipinski definition) is 1. The lowest BCUT2D eigenvalue weighted by molar-refractivity contribution is 0.0553. The van der Waals surface area contributed by atoms with Gasteiger partial charge in [0.15, 0.2) is 0 Å². The molecule has 0 radical (unpaired) electrons. The second-order valence-electron chi connectivity index (χ2n) is 3.00. The maximum atomic E-state index is 12.5. The Bertz CT molecular complexity index is 146. The molecule has 0 bridgehead atoms. The molecule has 2 atom stereocenters. The molecule has 1 saturated heterocycles. The van der Waals surface area contributed by atoms with E-state index in [4.69, 9.17) is 0 Å². The molecule has 9 heavy (non-hydrogen) atoms. The summed E-state index contributed by atoms with van der Waals surface area (Å²) in [6, 6.07) is -0.405. The third-order valence-corrected chi connectivity index (χ3v) is 2.43. The van der Waals surface area contributed by atoms with Gasteiger partial charge in [0.1, 0.15) is 0 Å². The topological polar surface area (TPSA) is 3.24 Å². The molecule has 0 amide bonds. The number of fused-ring (bicyclic) bond motifs is 1. The summed E-state index contributed by atoms with van der Waals surface area (Å²) in [5, 5.41) is 0. The van der Waals surface area contributed by atoms with Crippen molar-refractivity contribution in [1.29, 1.82) is 0 Å². The second-order valence-corrected chi connectivity index (χ2v) is 3.00. The normalized spacial score (nSPS) is 47.0. The average Bonchev–Trinajstić information content (AvgIpc) is 2.19. The highest BCUT2D eigenvalue weighted by molar-refractivity contribution is 5.15. The molecule has 1 heterocycles. The minimum absolute atomic E-state index is 0.303. The first kappa shape index (κ1) is 5.59. The molecule has 0 spiro atoms. The molecular weight excluding hydrogens is 124 g/mol. The third-order valence-electron chi connectivity index (χ3n) is 2.43. The highest BCUT2D eigenvalue weighted by atomic mass is 19.3. The van der Waals surface area contributed by atoms with Crippen molar-refractivity contribution in [2.45, 2.75) is 18.4 Å². The van der Waals surface area contributed by atoms with Crippen LogP contribution in [0.15, 0.2) is 0 Å². The second kappa shape index (κ2) is 1.29. The first-order valence-corrected chi connectivity index (χ1v) is 3.22. The van der Waals surface area contributed by atoms with Crippen molar-refractivity contribution < 1.29 is 8.78 Å². The van der Waals surface area contributed by atoms with Gasteiger partial charge in [0, 0.05) is 5.92 Å². The molecular formula is C6H9F2N. The van der Waals surface area contributed by atoms with Gasteiger partial charge in [-0.1, -0.05) is 0 Å². The van der Waals surface area contributed by atoms with Crippen LogP contribution in [0.3, 0.4) is 0 Å². The lowest BCUT2D eigenvalue weighted by Gasteiger charge is -2.11. The summed E-state index contributed by atoms with van der Waals surface area (Å²) in [7, 11) is 1.77. The van der Waals surface area contributed by atoms with E-state index in [2.05, 4.69) is 0 Å². The van der Waals surface area contributed by atoms with E-state index >= 15 is 0 Å². The van der Waals surface area contributed by atoms with Crippen LogP contribution in [0, 0.1) is 5.92 Å². The third kappa shape index (κ3) is 0.509. The van der Waals surface area contributed by atoms with E-state index in [1.807, 2.05) is 0 Å². The maximum absolute atomic E-state index is 12.5. The highest BCUT2D eigenvalue weighted by Gasteiger charge is 2.72. The van der Waals surface area contributed by atoms with Crippen molar-refractivity contribution in [3.8, 4) is 0 Å². The van der Waals surface area contributed by atoms with Crippen LogP contribution in [-0.2, 0) is 0 Å². The van der Waals surface area contributed by atoms with Crippen molar-refractivity contribution in [1.82, 2.24) is 4.90 Å². The summed E-state index contributed by atoms with van der Waals surface area (Å²) >= 11 is 0. The van der Waals surface area contributed by atoms with Gasteiger partial charge in [-0.3, -0.25) is 4.90 Å². The van der Waals surface area contributed by atoms with E-state index in [1.54, 1.807) is 11.9 Å². The SMILES string of the molecule is CN1CCC2C1C2(F)F. The molecule has 1 aliphatic heterocycles. The van der Waals surface area contributed by atoms with Gasteiger partial charge in [-0.05, 0) is 20.0 Å². The lowest BCUT2D eigenvalue weighted by Crippen LogP contribution is -2.24. The van der Waals surface area contributed by atoms with Gasteiger partial charge in [-0.2, -0.15) is 0 Å². The Labute approximate surface area is 52.6 Å². The minimum Gasteiger partial charge on any atom is -0.297 e. The van der Waals surface area contributed by atoms with E-state index in [1.165, 1.54) is 0 Å². The zero-order valence-electron chi connectivity index (χ0n) is 5.27. The fourth-order valence-electron chi connectivity index (χ4n) is 1.81. The van der Waals surface area contributed by atoms with Crippen LogP contribution in [0.2, 0.25) is 0 Å². The van der Waals surface area contributed by atoms with Gasteiger partial charge >= 0.3 is 0 Å². The van der Waals surface area contributed by atoms with Crippen molar-refractivity contribution in [2.24, 2.45) is 5.92 Å². The van der Waals surface area contributed by atoms with Crippen LogP contribution in [0.4, 0.5) is 8.78 Å². The largest absolute Gasteiger partial charge is 0.297 e. The molecule has 0 N–H and O–H groups in total. The fourth-order valence-corrected chi connectivity index (χ4v) is 1.81. The molecule has 0 aromatic heterocycles. The summed E-state index contributed by atoms with van der Waals surface area (Å²) in [5.74, 6) is -2.64. The minimum atomic E-state index is -2.34. The van der Waals surface area contributed by atoms with Crippen LogP contribution in [0.1, 0.15) is 6.42 Å². The Morgan fingerprint density at radius 1 is 1.56 bits per heavy atom. The summed E-state index contributed by atoms with van der Waals surface area (Å²) < 4.78 is 24.9. The van der Waals surface area contributed by atoms with Gasteiger partial charge in [-0.25, -0.2) is 8.78 Å². The molecule has 2 fully saturated rings. The van der Waals surface area contributed by atoms with Crippen molar-refractivity contribution in [2.75, 3.05) is 13.6 Å². The predicted molar refractivity (Wildman–Crippen MR) is 29.5 cm³/mol. The van der Waals surface area contributed by atoms with Gasteiger partial charge < -0.3 is 0 Å². The smallest absolute Gasteiger partial charge is 0.268 e. The number of alkyl halides is 2. The van der Waals surface area contributed by atoms with E-state index in [9.17, 15) is 8.78 Å². The molecule has 0 aromatic rings. The van der Waals surface area contributed by atoms with Crippen LogP contribution in [0.5, 0.6) is 0 Å². The Balaban J connectivity index is 2.14. The van der Waals surface area contributed by atoms with E-state index < -0.39 is 12.0 Å². The fraction of sp³-hybridized carbons (Fsp3) is 1.00. The van der Waals surface area contributed by atoms with Crippen LogP contribution < -0.4 is 0 Å². The first-order chi connectivity index (χ1) is 4.14. The van der Waals surface area contributed by atoms with Gasteiger partial charge in [0.05, 0.1) is 6.04 Å². The molecule has 1 nitrogen and oxygen atoms in total. The number of likely N-dealkylation sites (tertiary alicyclic amines) is 1. The Hall–Kier alpha value is -0.180. The zero-order chi connectivity index (χ0) is 6.65. The number of halogens is 2. The maximum Gasteiger partial charge on any atom is 0.268 e. The standard InChI is InChI=1S/C6H9F2N/c1-9-3-2-4-5(9)6(4,7)8/h4-5H,2-3H2,1H3. The van der Waals surface area contributed by atoms with E-state index in [0.717, 1.165) is 6.54 Å². The number of nitrogens with zero attached hydrogens (tertiary/aromatic N) is 1. The average molecular weight is 133 g/mol. The van der Waals surface area contributed by atoms with Gasteiger partial charge in [0.25, 0.3) is 5.92 Å². The lowest BCUT2D eigenvalue weighted by atomic mass is 10.3. The summed E-state index contributed by atoms with van der Waals surface area (Å²) in [6.45, 7) is 0.852. The van der Waals surface area contributed by atoms with Crippen LogP contribution in [-0.4, -0.2) is 30.5 Å². The van der Waals surface area contributed by atoms with E-state index in [-0.39, 0.29) is 5.92 Å². The molecule has 1 aliphatic carbocycles. The number of rotatable bonds is 0. The molecule has 0 aromatic carbocycles. The molecule has 2 aliphatic rings. The molecule has 52 valence electrons. The van der Waals surface area contributed by atoms with Crippen molar-refractivity contribution in [3.63, 3.8) is 0 Å². The Morgan fingerprint density at radius 3 is 2.44 bits per heavy atom. The van der Waals surface area contributed by atoms with Crippen LogP contribution >= 0.6 is 0 Å². The van der Waals surface area contributed by atoms with E-state index in [0.29, 0.717) is 6.42 Å². The molecule has 1 saturated carbocycles. The summed E-state index contributed by atoms with van der Waals surface area (Å²) in [4.78, 5) is 1.75. The monoisotopic (exact) mass is 133 g/mol. The summed E-state index contributed by atoms with van der Waals surface area (Å²) in [6.07, 6.45) is 0.689.